The SMILES string of the molecule is Cc1ncn(-c2ccc([N+](=O)[O-])cc2OCC(F)F)n1. The number of aromatic nitrogens is 3. The highest BCUT2D eigenvalue weighted by Crippen LogP contribution is 2.27. The van der Waals surface area contributed by atoms with Gasteiger partial charge in [0.15, 0.2) is 5.75 Å². The van der Waals surface area contributed by atoms with Crippen LogP contribution in [0.15, 0.2) is 24.5 Å². The van der Waals surface area contributed by atoms with Crippen LogP contribution in [-0.2, 0) is 0 Å². The fraction of sp³-hybridized carbons (Fsp3) is 0.273. The second-order valence-electron chi connectivity index (χ2n) is 3.85. The molecule has 0 atom stereocenters. The lowest BCUT2D eigenvalue weighted by atomic mass is 10.2. The fourth-order valence-electron chi connectivity index (χ4n) is 1.54. The molecule has 0 bridgehead atoms. The van der Waals surface area contributed by atoms with Crippen molar-refractivity contribution in [3.63, 3.8) is 0 Å². The van der Waals surface area contributed by atoms with Gasteiger partial charge in [-0.1, -0.05) is 0 Å². The summed E-state index contributed by atoms with van der Waals surface area (Å²) in [5.41, 5.74) is 0.0479. The van der Waals surface area contributed by atoms with E-state index in [0.29, 0.717) is 11.5 Å². The monoisotopic (exact) mass is 284 g/mol. The summed E-state index contributed by atoms with van der Waals surface area (Å²) in [6, 6.07) is 3.68. The average molecular weight is 284 g/mol. The van der Waals surface area contributed by atoms with E-state index in [1.807, 2.05) is 0 Å². The molecule has 0 saturated heterocycles. The van der Waals surface area contributed by atoms with Crippen molar-refractivity contribution in [2.45, 2.75) is 13.3 Å². The Labute approximate surface area is 112 Å². The smallest absolute Gasteiger partial charge is 0.273 e. The van der Waals surface area contributed by atoms with Crippen LogP contribution in [0.1, 0.15) is 5.82 Å². The Morgan fingerprint density at radius 1 is 1.50 bits per heavy atom. The predicted octanol–water partition coefficient (Wildman–Crippen LogP) is 2.13. The first-order valence-electron chi connectivity index (χ1n) is 5.55. The Morgan fingerprint density at radius 2 is 2.25 bits per heavy atom. The minimum Gasteiger partial charge on any atom is -0.485 e. The summed E-state index contributed by atoms with van der Waals surface area (Å²) in [5.74, 6) is 0.424. The molecule has 0 fully saturated rings. The maximum Gasteiger partial charge on any atom is 0.273 e. The number of nitro benzene ring substituents is 1. The number of alkyl halides is 2. The van der Waals surface area contributed by atoms with E-state index in [9.17, 15) is 18.9 Å². The van der Waals surface area contributed by atoms with Crippen LogP contribution in [0.5, 0.6) is 5.75 Å². The van der Waals surface area contributed by atoms with Crippen molar-refractivity contribution < 1.29 is 18.4 Å². The van der Waals surface area contributed by atoms with Crippen molar-refractivity contribution >= 4 is 5.69 Å². The van der Waals surface area contributed by atoms with E-state index >= 15 is 0 Å². The number of nitro groups is 1. The molecule has 0 N–H and O–H groups in total. The molecule has 7 nitrogen and oxygen atoms in total. The van der Waals surface area contributed by atoms with Gasteiger partial charge in [-0.05, 0) is 13.0 Å². The molecule has 106 valence electrons. The van der Waals surface area contributed by atoms with E-state index in [4.69, 9.17) is 4.74 Å². The van der Waals surface area contributed by atoms with Crippen molar-refractivity contribution in [2.75, 3.05) is 6.61 Å². The molecule has 0 aliphatic heterocycles. The molecular formula is C11H10F2N4O3. The summed E-state index contributed by atoms with van der Waals surface area (Å²) >= 11 is 0. The first-order chi connectivity index (χ1) is 9.47. The number of non-ortho nitro benzene ring substituents is 1. The van der Waals surface area contributed by atoms with Crippen LogP contribution in [0.4, 0.5) is 14.5 Å². The van der Waals surface area contributed by atoms with Crippen molar-refractivity contribution in [3.05, 3.63) is 40.5 Å². The van der Waals surface area contributed by atoms with Crippen molar-refractivity contribution in [3.8, 4) is 11.4 Å². The van der Waals surface area contributed by atoms with Gasteiger partial charge in [-0.15, -0.1) is 0 Å². The summed E-state index contributed by atoms with van der Waals surface area (Å²) in [4.78, 5) is 14.0. The molecule has 1 aromatic carbocycles. The van der Waals surface area contributed by atoms with Gasteiger partial charge in [-0.3, -0.25) is 10.1 Å². The lowest BCUT2D eigenvalue weighted by Crippen LogP contribution is -2.09. The van der Waals surface area contributed by atoms with Crippen molar-refractivity contribution in [1.29, 1.82) is 0 Å². The number of hydrogen-bond acceptors (Lipinski definition) is 5. The molecule has 2 aromatic rings. The zero-order chi connectivity index (χ0) is 14.7. The van der Waals surface area contributed by atoms with E-state index in [2.05, 4.69) is 10.1 Å². The second kappa shape index (κ2) is 5.59. The van der Waals surface area contributed by atoms with E-state index in [1.54, 1.807) is 6.92 Å². The standard InChI is InChI=1S/C11H10F2N4O3/c1-7-14-6-16(15-7)9-3-2-8(17(18)19)4-10(9)20-5-11(12)13/h2-4,6,11H,5H2,1H3. The molecule has 0 unspecified atom stereocenters. The van der Waals surface area contributed by atoms with Crippen molar-refractivity contribution in [1.82, 2.24) is 14.8 Å². The Balaban J connectivity index is 2.41. The number of benzene rings is 1. The Kier molecular flexibility index (Phi) is 3.87. The van der Waals surface area contributed by atoms with Gasteiger partial charge >= 0.3 is 0 Å². The summed E-state index contributed by atoms with van der Waals surface area (Å²) in [7, 11) is 0. The van der Waals surface area contributed by atoms with Gasteiger partial charge in [0.25, 0.3) is 12.1 Å². The van der Waals surface area contributed by atoms with Crippen molar-refractivity contribution in [2.24, 2.45) is 0 Å². The number of ether oxygens (including phenoxy) is 1. The van der Waals surface area contributed by atoms with Gasteiger partial charge < -0.3 is 4.74 Å². The first kappa shape index (κ1) is 13.8. The maximum atomic E-state index is 12.2. The predicted molar refractivity (Wildman–Crippen MR) is 64.2 cm³/mol. The van der Waals surface area contributed by atoms with Crippen LogP contribution in [0.2, 0.25) is 0 Å². The van der Waals surface area contributed by atoms with E-state index in [1.165, 1.54) is 23.1 Å². The molecule has 1 heterocycles. The van der Waals surface area contributed by atoms with Crippen LogP contribution in [0, 0.1) is 17.0 Å². The topological polar surface area (TPSA) is 83.1 Å². The minimum atomic E-state index is -2.68. The zero-order valence-corrected chi connectivity index (χ0v) is 10.4. The highest BCUT2D eigenvalue weighted by Gasteiger charge is 2.15. The highest BCUT2D eigenvalue weighted by atomic mass is 19.3. The van der Waals surface area contributed by atoms with E-state index in [0.717, 1.165) is 6.07 Å². The Bertz CT molecular complexity index is 630. The maximum absolute atomic E-state index is 12.2. The molecule has 20 heavy (non-hydrogen) atoms. The summed E-state index contributed by atoms with van der Waals surface area (Å²) in [5, 5.41) is 14.7. The molecule has 0 aliphatic rings. The summed E-state index contributed by atoms with van der Waals surface area (Å²) in [6.07, 6.45) is -1.31. The molecule has 0 aliphatic carbocycles. The number of rotatable bonds is 5. The van der Waals surface area contributed by atoms with Gasteiger partial charge in [-0.2, -0.15) is 5.10 Å². The molecular weight excluding hydrogens is 274 g/mol. The molecule has 0 spiro atoms. The van der Waals surface area contributed by atoms with Gasteiger partial charge in [0, 0.05) is 6.07 Å². The van der Waals surface area contributed by atoms with E-state index in [-0.39, 0.29) is 11.4 Å². The Hall–Kier alpha value is -2.58. The second-order valence-corrected chi connectivity index (χ2v) is 3.85. The lowest BCUT2D eigenvalue weighted by molar-refractivity contribution is -0.384. The lowest BCUT2D eigenvalue weighted by Gasteiger charge is -2.10. The first-order valence-corrected chi connectivity index (χ1v) is 5.55. The van der Waals surface area contributed by atoms with Gasteiger partial charge in [-0.25, -0.2) is 18.4 Å². The van der Waals surface area contributed by atoms with Crippen LogP contribution >= 0.6 is 0 Å². The van der Waals surface area contributed by atoms with E-state index < -0.39 is 18.0 Å². The third kappa shape index (κ3) is 3.05. The van der Waals surface area contributed by atoms with Crippen LogP contribution in [0.25, 0.3) is 5.69 Å². The molecule has 0 amide bonds. The molecule has 1 aromatic heterocycles. The normalized spacial score (nSPS) is 10.8. The van der Waals surface area contributed by atoms with Crippen LogP contribution < -0.4 is 4.74 Å². The molecule has 0 radical (unpaired) electrons. The quantitative estimate of drug-likeness (QED) is 0.620. The number of aryl methyl sites for hydroxylation is 1. The van der Waals surface area contributed by atoms with Gasteiger partial charge in [0.2, 0.25) is 0 Å². The molecule has 9 heteroatoms. The zero-order valence-electron chi connectivity index (χ0n) is 10.4. The van der Waals surface area contributed by atoms with Crippen LogP contribution in [-0.4, -0.2) is 32.7 Å². The highest BCUT2D eigenvalue weighted by molar-refractivity contribution is 5.52. The van der Waals surface area contributed by atoms with Crippen LogP contribution in [0.3, 0.4) is 0 Å². The van der Waals surface area contributed by atoms with Gasteiger partial charge in [0.05, 0.1) is 11.0 Å². The number of nitrogens with zero attached hydrogens (tertiary/aromatic N) is 4. The third-order valence-corrected chi connectivity index (χ3v) is 2.37. The summed E-state index contributed by atoms with van der Waals surface area (Å²) in [6.45, 7) is 0.795. The average Bonchev–Trinajstić information content (AvgIpc) is 2.82. The fourth-order valence-corrected chi connectivity index (χ4v) is 1.54. The summed E-state index contributed by atoms with van der Waals surface area (Å²) < 4.78 is 30.7. The minimum absolute atomic E-state index is 0.0515. The number of hydrogen-bond donors (Lipinski definition) is 0. The number of halogens is 2. The largest absolute Gasteiger partial charge is 0.485 e. The Morgan fingerprint density at radius 3 is 2.80 bits per heavy atom. The third-order valence-electron chi connectivity index (χ3n) is 2.37. The molecule has 2 rings (SSSR count). The molecule has 0 saturated carbocycles. The van der Waals surface area contributed by atoms with Gasteiger partial charge in [0.1, 0.15) is 24.4 Å².